The van der Waals surface area contributed by atoms with Crippen molar-refractivity contribution in [2.24, 2.45) is 5.92 Å². The molecule has 108 valence electrons. The molecule has 1 aromatic rings. The van der Waals surface area contributed by atoms with Crippen LogP contribution in [-0.2, 0) is 4.79 Å². The fourth-order valence-electron chi connectivity index (χ4n) is 2.36. The van der Waals surface area contributed by atoms with Crippen molar-refractivity contribution in [3.05, 3.63) is 22.7 Å². The second-order valence-corrected chi connectivity index (χ2v) is 5.91. The first-order valence-corrected chi connectivity index (χ1v) is 7.57. The molecule has 1 saturated carbocycles. The first-order valence-electron chi connectivity index (χ1n) is 7.19. The highest BCUT2D eigenvalue weighted by Crippen LogP contribution is 2.39. The number of fused-ring (bicyclic) bond motifs is 1. The van der Waals surface area contributed by atoms with E-state index in [1.807, 2.05) is 12.1 Å². The van der Waals surface area contributed by atoms with Gasteiger partial charge in [-0.1, -0.05) is 18.5 Å². The molecule has 0 aromatic heterocycles. The number of hydrogen-bond donors (Lipinski definition) is 2. The van der Waals surface area contributed by atoms with Crippen LogP contribution in [0, 0.1) is 5.92 Å². The minimum atomic E-state index is -0.306. The van der Waals surface area contributed by atoms with Crippen LogP contribution >= 0.6 is 11.6 Å². The molecule has 3 rings (SSSR count). The molecule has 0 saturated heterocycles. The van der Waals surface area contributed by atoms with E-state index in [2.05, 4.69) is 17.6 Å². The number of benzene rings is 1. The van der Waals surface area contributed by atoms with E-state index < -0.39 is 0 Å². The molecule has 1 aliphatic carbocycles. The summed E-state index contributed by atoms with van der Waals surface area (Å²) in [5, 5.41) is 6.69. The zero-order chi connectivity index (χ0) is 14.1. The van der Waals surface area contributed by atoms with Gasteiger partial charge in [0.2, 0.25) is 5.91 Å². The van der Waals surface area contributed by atoms with E-state index in [0.29, 0.717) is 23.3 Å². The summed E-state index contributed by atoms with van der Waals surface area (Å²) in [5.41, 5.74) is 1.71. The quantitative estimate of drug-likeness (QED) is 0.847. The lowest BCUT2D eigenvalue weighted by molar-refractivity contribution is -0.117. The summed E-state index contributed by atoms with van der Waals surface area (Å²) in [4.78, 5) is 12.0. The monoisotopic (exact) mass is 294 g/mol. The summed E-state index contributed by atoms with van der Waals surface area (Å²) in [5.74, 6) is 1.31. The van der Waals surface area contributed by atoms with Crippen molar-refractivity contribution in [2.45, 2.75) is 32.2 Å². The van der Waals surface area contributed by atoms with Crippen LogP contribution in [0.3, 0.4) is 0 Å². The molecule has 0 radical (unpaired) electrons. The lowest BCUT2D eigenvalue weighted by atomic mass is 10.1. The average Bonchev–Trinajstić information content (AvgIpc) is 3.19. The highest BCUT2D eigenvalue weighted by atomic mass is 35.5. The predicted molar refractivity (Wildman–Crippen MR) is 79.3 cm³/mol. The standard InChI is InChI=1S/C15H19ClN2O2/c1-2-5-17-14-10-6-11(16)13(20-8-9-3-4-9)7-12(10)18-15(14)19/h6-7,9,14,17H,2-5,8H2,1H3,(H,18,19). The van der Waals surface area contributed by atoms with Gasteiger partial charge < -0.3 is 15.4 Å². The van der Waals surface area contributed by atoms with Gasteiger partial charge in [-0.25, -0.2) is 0 Å². The molecular formula is C15H19ClN2O2. The molecule has 1 atom stereocenters. The average molecular weight is 295 g/mol. The van der Waals surface area contributed by atoms with Gasteiger partial charge in [0.05, 0.1) is 11.6 Å². The number of halogens is 1. The summed E-state index contributed by atoms with van der Waals surface area (Å²) in [7, 11) is 0. The van der Waals surface area contributed by atoms with E-state index in [4.69, 9.17) is 16.3 Å². The summed E-state index contributed by atoms with van der Waals surface area (Å²) in [6.45, 7) is 3.58. The van der Waals surface area contributed by atoms with Crippen molar-refractivity contribution in [2.75, 3.05) is 18.5 Å². The van der Waals surface area contributed by atoms with Gasteiger partial charge in [0, 0.05) is 17.3 Å². The second-order valence-electron chi connectivity index (χ2n) is 5.50. The van der Waals surface area contributed by atoms with Crippen LogP contribution in [0.15, 0.2) is 12.1 Å². The van der Waals surface area contributed by atoms with Crippen LogP contribution in [0.1, 0.15) is 37.8 Å². The van der Waals surface area contributed by atoms with Gasteiger partial charge in [-0.05, 0) is 37.8 Å². The van der Waals surface area contributed by atoms with Crippen LogP contribution in [0.25, 0.3) is 0 Å². The Morgan fingerprint density at radius 2 is 2.25 bits per heavy atom. The molecule has 4 nitrogen and oxygen atoms in total. The second kappa shape index (κ2) is 5.62. The highest BCUT2D eigenvalue weighted by molar-refractivity contribution is 6.32. The van der Waals surface area contributed by atoms with Gasteiger partial charge in [-0.2, -0.15) is 0 Å². The van der Waals surface area contributed by atoms with Crippen molar-refractivity contribution < 1.29 is 9.53 Å². The topological polar surface area (TPSA) is 50.4 Å². The van der Waals surface area contributed by atoms with Gasteiger partial charge in [0.25, 0.3) is 0 Å². The summed E-state index contributed by atoms with van der Waals surface area (Å²) >= 11 is 6.27. The third-order valence-corrected chi connectivity index (χ3v) is 4.00. The van der Waals surface area contributed by atoms with E-state index in [9.17, 15) is 4.79 Å². The summed E-state index contributed by atoms with van der Waals surface area (Å²) in [6.07, 6.45) is 3.46. The molecule has 5 heteroatoms. The van der Waals surface area contributed by atoms with Gasteiger partial charge in [0.1, 0.15) is 11.8 Å². The third-order valence-electron chi connectivity index (χ3n) is 3.71. The lowest BCUT2D eigenvalue weighted by Gasteiger charge is -2.12. The number of nitrogens with one attached hydrogen (secondary N) is 2. The molecule has 1 amide bonds. The molecule has 0 spiro atoms. The Kier molecular flexibility index (Phi) is 3.85. The fourth-order valence-corrected chi connectivity index (χ4v) is 2.58. The molecule has 2 aliphatic rings. The Bertz CT molecular complexity index is 529. The normalized spacial score (nSPS) is 20.7. The van der Waals surface area contributed by atoms with E-state index >= 15 is 0 Å². The zero-order valence-corrected chi connectivity index (χ0v) is 12.3. The number of anilines is 1. The summed E-state index contributed by atoms with van der Waals surface area (Å²) in [6, 6.07) is 3.37. The Morgan fingerprint density at radius 3 is 2.95 bits per heavy atom. The van der Waals surface area contributed by atoms with Crippen molar-refractivity contribution in [1.82, 2.24) is 5.32 Å². The first kappa shape index (κ1) is 13.7. The van der Waals surface area contributed by atoms with Gasteiger partial charge in [0.15, 0.2) is 0 Å². The molecule has 0 bridgehead atoms. The minimum absolute atomic E-state index is 0.0242. The maximum absolute atomic E-state index is 12.0. The SMILES string of the molecule is CCCNC1C(=O)Nc2cc(OCC3CC3)c(Cl)cc21. The molecule has 1 heterocycles. The molecular weight excluding hydrogens is 276 g/mol. The van der Waals surface area contributed by atoms with Crippen molar-refractivity contribution >= 4 is 23.2 Å². The van der Waals surface area contributed by atoms with Crippen molar-refractivity contribution in [1.29, 1.82) is 0 Å². The third kappa shape index (κ3) is 2.76. The Labute approximate surface area is 123 Å². The number of amides is 1. The molecule has 1 fully saturated rings. The number of carbonyl (C=O) groups is 1. The minimum Gasteiger partial charge on any atom is -0.492 e. The maximum Gasteiger partial charge on any atom is 0.246 e. The smallest absolute Gasteiger partial charge is 0.246 e. The van der Waals surface area contributed by atoms with Crippen molar-refractivity contribution in [3.8, 4) is 5.75 Å². The van der Waals surface area contributed by atoms with Crippen LogP contribution < -0.4 is 15.4 Å². The van der Waals surface area contributed by atoms with Crippen LogP contribution in [0.2, 0.25) is 5.02 Å². The summed E-state index contributed by atoms with van der Waals surface area (Å²) < 4.78 is 5.73. The molecule has 1 unspecified atom stereocenters. The fraction of sp³-hybridized carbons (Fsp3) is 0.533. The Morgan fingerprint density at radius 1 is 1.45 bits per heavy atom. The molecule has 2 N–H and O–H groups in total. The van der Waals surface area contributed by atoms with Crippen LogP contribution in [0.5, 0.6) is 5.75 Å². The largest absolute Gasteiger partial charge is 0.492 e. The van der Waals surface area contributed by atoms with E-state index in [0.717, 1.165) is 24.2 Å². The first-order chi connectivity index (χ1) is 9.69. The Hall–Kier alpha value is -1.26. The number of rotatable bonds is 6. The molecule has 20 heavy (non-hydrogen) atoms. The number of carbonyl (C=O) groups excluding carboxylic acids is 1. The van der Waals surface area contributed by atoms with Gasteiger partial charge in [-0.3, -0.25) is 4.79 Å². The number of hydrogen-bond acceptors (Lipinski definition) is 3. The van der Waals surface area contributed by atoms with Gasteiger partial charge in [-0.15, -0.1) is 0 Å². The van der Waals surface area contributed by atoms with E-state index in [-0.39, 0.29) is 11.9 Å². The highest BCUT2D eigenvalue weighted by Gasteiger charge is 2.31. The predicted octanol–water partition coefficient (Wildman–Crippen LogP) is 3.12. The van der Waals surface area contributed by atoms with Crippen LogP contribution in [-0.4, -0.2) is 19.1 Å². The van der Waals surface area contributed by atoms with Crippen molar-refractivity contribution in [3.63, 3.8) is 0 Å². The molecule has 1 aliphatic heterocycles. The van der Waals surface area contributed by atoms with E-state index in [1.54, 1.807) is 0 Å². The number of ether oxygens (including phenoxy) is 1. The Balaban J connectivity index is 1.78. The van der Waals surface area contributed by atoms with Crippen LogP contribution in [0.4, 0.5) is 5.69 Å². The van der Waals surface area contributed by atoms with E-state index in [1.165, 1.54) is 12.8 Å². The molecule has 1 aromatic carbocycles. The zero-order valence-electron chi connectivity index (χ0n) is 11.5. The maximum atomic E-state index is 12.0. The van der Waals surface area contributed by atoms with Gasteiger partial charge >= 0.3 is 0 Å². The lowest BCUT2D eigenvalue weighted by Crippen LogP contribution is -2.27.